The van der Waals surface area contributed by atoms with Crippen LogP contribution in [0.4, 0.5) is 0 Å². The lowest BCUT2D eigenvalue weighted by Crippen LogP contribution is -2.47. The first-order chi connectivity index (χ1) is 9.69. The fourth-order valence-electron chi connectivity index (χ4n) is 3.25. The first-order valence-corrected chi connectivity index (χ1v) is 8.74. The van der Waals surface area contributed by atoms with E-state index in [1.54, 1.807) is 0 Å². The second-order valence-electron chi connectivity index (χ2n) is 6.31. The van der Waals surface area contributed by atoms with Gasteiger partial charge in [0.1, 0.15) is 0 Å². The largest absolute Gasteiger partial charge is 0.378 e. The average molecular weight is 284 g/mol. The van der Waals surface area contributed by atoms with Crippen LogP contribution in [0.2, 0.25) is 0 Å². The summed E-state index contributed by atoms with van der Waals surface area (Å²) < 4.78 is 5.75. The summed E-state index contributed by atoms with van der Waals surface area (Å²) in [6.45, 7) is 15.9. The SMILES string of the molecule is CCCNCC(CC)(CC)CN1CCC(OCC)CC1. The zero-order valence-corrected chi connectivity index (χ0v) is 14.2. The molecule has 3 heteroatoms. The molecule has 1 fully saturated rings. The van der Waals surface area contributed by atoms with Gasteiger partial charge >= 0.3 is 0 Å². The second-order valence-corrected chi connectivity index (χ2v) is 6.31. The second kappa shape index (κ2) is 9.75. The Morgan fingerprint density at radius 1 is 1.10 bits per heavy atom. The summed E-state index contributed by atoms with van der Waals surface area (Å²) in [6.07, 6.45) is 6.69. The van der Waals surface area contributed by atoms with Gasteiger partial charge in [-0.25, -0.2) is 0 Å². The Morgan fingerprint density at radius 2 is 1.75 bits per heavy atom. The van der Waals surface area contributed by atoms with Crippen LogP contribution >= 0.6 is 0 Å². The fraction of sp³-hybridized carbons (Fsp3) is 1.00. The van der Waals surface area contributed by atoms with Crippen molar-refractivity contribution < 1.29 is 4.74 Å². The average Bonchev–Trinajstić information content (AvgIpc) is 2.49. The highest BCUT2D eigenvalue weighted by atomic mass is 16.5. The molecule has 0 aromatic rings. The van der Waals surface area contributed by atoms with E-state index in [2.05, 4.69) is 37.9 Å². The maximum Gasteiger partial charge on any atom is 0.0599 e. The molecule has 0 saturated carbocycles. The number of hydrogen-bond donors (Lipinski definition) is 1. The predicted molar refractivity (Wildman–Crippen MR) is 87.3 cm³/mol. The number of rotatable bonds is 10. The summed E-state index contributed by atoms with van der Waals surface area (Å²) in [5, 5.41) is 3.65. The van der Waals surface area contributed by atoms with E-state index in [9.17, 15) is 0 Å². The molecule has 120 valence electrons. The molecule has 0 aromatic heterocycles. The first kappa shape index (κ1) is 17.9. The molecule has 0 unspecified atom stereocenters. The predicted octanol–water partition coefficient (Wildman–Crippen LogP) is 3.29. The van der Waals surface area contributed by atoms with Crippen molar-refractivity contribution >= 4 is 0 Å². The number of hydrogen-bond acceptors (Lipinski definition) is 3. The Balaban J connectivity index is 2.41. The van der Waals surface area contributed by atoms with Gasteiger partial charge in [-0.2, -0.15) is 0 Å². The van der Waals surface area contributed by atoms with Gasteiger partial charge in [0.2, 0.25) is 0 Å². The van der Waals surface area contributed by atoms with Crippen molar-refractivity contribution in [3.05, 3.63) is 0 Å². The van der Waals surface area contributed by atoms with Crippen LogP contribution in [-0.4, -0.2) is 50.3 Å². The molecule has 1 saturated heterocycles. The van der Waals surface area contributed by atoms with Crippen molar-refractivity contribution in [2.24, 2.45) is 5.41 Å². The van der Waals surface area contributed by atoms with Crippen molar-refractivity contribution in [2.45, 2.75) is 65.9 Å². The highest BCUT2D eigenvalue weighted by Crippen LogP contribution is 2.28. The van der Waals surface area contributed by atoms with Crippen LogP contribution in [0, 0.1) is 5.41 Å². The van der Waals surface area contributed by atoms with Gasteiger partial charge in [-0.1, -0.05) is 20.8 Å². The van der Waals surface area contributed by atoms with E-state index in [0.29, 0.717) is 11.5 Å². The summed E-state index contributed by atoms with van der Waals surface area (Å²) in [5.41, 5.74) is 0.452. The number of ether oxygens (including phenoxy) is 1. The van der Waals surface area contributed by atoms with Gasteiger partial charge in [0.05, 0.1) is 6.10 Å². The zero-order chi connectivity index (χ0) is 14.8. The Labute approximate surface area is 126 Å². The van der Waals surface area contributed by atoms with E-state index in [1.165, 1.54) is 58.3 Å². The van der Waals surface area contributed by atoms with Gasteiger partial charge < -0.3 is 15.0 Å². The minimum Gasteiger partial charge on any atom is -0.378 e. The molecule has 1 aliphatic heterocycles. The lowest BCUT2D eigenvalue weighted by molar-refractivity contribution is 0.00279. The monoisotopic (exact) mass is 284 g/mol. The Morgan fingerprint density at radius 3 is 2.25 bits per heavy atom. The summed E-state index contributed by atoms with van der Waals surface area (Å²) in [4.78, 5) is 2.66. The number of nitrogens with zero attached hydrogens (tertiary/aromatic N) is 1. The van der Waals surface area contributed by atoms with Crippen LogP contribution < -0.4 is 5.32 Å². The van der Waals surface area contributed by atoms with Crippen LogP contribution in [-0.2, 0) is 4.74 Å². The number of likely N-dealkylation sites (tertiary alicyclic amines) is 1. The molecule has 0 spiro atoms. The molecule has 0 atom stereocenters. The minimum absolute atomic E-state index is 0.452. The summed E-state index contributed by atoms with van der Waals surface area (Å²) >= 11 is 0. The normalized spacial score (nSPS) is 18.6. The Hall–Kier alpha value is -0.120. The van der Waals surface area contributed by atoms with E-state index >= 15 is 0 Å². The van der Waals surface area contributed by atoms with Crippen molar-refractivity contribution in [1.29, 1.82) is 0 Å². The van der Waals surface area contributed by atoms with Gasteiger partial charge in [0, 0.05) is 32.8 Å². The zero-order valence-electron chi connectivity index (χ0n) is 14.2. The molecule has 1 aliphatic rings. The third kappa shape index (κ3) is 5.71. The number of piperidine rings is 1. The molecule has 20 heavy (non-hydrogen) atoms. The van der Waals surface area contributed by atoms with E-state index in [0.717, 1.165) is 13.2 Å². The topological polar surface area (TPSA) is 24.5 Å². The van der Waals surface area contributed by atoms with E-state index in [1.807, 2.05) is 0 Å². The molecular formula is C17H36N2O. The lowest BCUT2D eigenvalue weighted by Gasteiger charge is -2.40. The highest BCUT2D eigenvalue weighted by Gasteiger charge is 2.30. The Kier molecular flexibility index (Phi) is 8.74. The molecule has 0 radical (unpaired) electrons. The lowest BCUT2D eigenvalue weighted by atomic mass is 9.81. The summed E-state index contributed by atoms with van der Waals surface area (Å²) in [5.74, 6) is 0. The van der Waals surface area contributed by atoms with E-state index in [4.69, 9.17) is 4.74 Å². The molecule has 3 nitrogen and oxygen atoms in total. The van der Waals surface area contributed by atoms with Gasteiger partial charge in [-0.15, -0.1) is 0 Å². The third-order valence-electron chi connectivity index (χ3n) is 4.92. The quantitative estimate of drug-likeness (QED) is 0.623. The van der Waals surface area contributed by atoms with Crippen molar-refractivity contribution in [1.82, 2.24) is 10.2 Å². The van der Waals surface area contributed by atoms with E-state index in [-0.39, 0.29) is 0 Å². The van der Waals surface area contributed by atoms with Gasteiger partial charge in [-0.3, -0.25) is 0 Å². The van der Waals surface area contributed by atoms with Gasteiger partial charge in [0.25, 0.3) is 0 Å². The van der Waals surface area contributed by atoms with Crippen molar-refractivity contribution in [3.8, 4) is 0 Å². The van der Waals surface area contributed by atoms with Crippen LogP contribution in [0.1, 0.15) is 59.8 Å². The molecular weight excluding hydrogens is 248 g/mol. The maximum absolute atomic E-state index is 5.75. The van der Waals surface area contributed by atoms with Gasteiger partial charge in [0.15, 0.2) is 0 Å². The first-order valence-electron chi connectivity index (χ1n) is 8.74. The van der Waals surface area contributed by atoms with Crippen LogP contribution in [0.25, 0.3) is 0 Å². The van der Waals surface area contributed by atoms with E-state index < -0.39 is 0 Å². The fourth-order valence-corrected chi connectivity index (χ4v) is 3.25. The summed E-state index contributed by atoms with van der Waals surface area (Å²) in [7, 11) is 0. The molecule has 1 rings (SSSR count). The smallest absolute Gasteiger partial charge is 0.0599 e. The van der Waals surface area contributed by atoms with Crippen molar-refractivity contribution in [2.75, 3.05) is 39.3 Å². The molecule has 0 bridgehead atoms. The molecule has 1 heterocycles. The minimum atomic E-state index is 0.452. The van der Waals surface area contributed by atoms with Crippen molar-refractivity contribution in [3.63, 3.8) is 0 Å². The molecule has 0 aromatic carbocycles. The molecule has 1 N–H and O–H groups in total. The third-order valence-corrected chi connectivity index (χ3v) is 4.92. The number of nitrogens with one attached hydrogen (secondary N) is 1. The highest BCUT2D eigenvalue weighted by molar-refractivity contribution is 4.85. The van der Waals surface area contributed by atoms with Crippen LogP contribution in [0.15, 0.2) is 0 Å². The maximum atomic E-state index is 5.75. The molecule has 0 amide bonds. The Bertz CT molecular complexity index is 233. The summed E-state index contributed by atoms with van der Waals surface area (Å²) in [6, 6.07) is 0. The van der Waals surface area contributed by atoms with Gasteiger partial charge in [-0.05, 0) is 51.0 Å². The standard InChI is InChI=1S/C17H36N2O/c1-5-11-18-14-17(6-2,7-3)15-19-12-9-16(10-13-19)20-8-4/h16,18H,5-15H2,1-4H3. The van der Waals surface area contributed by atoms with Crippen LogP contribution in [0.5, 0.6) is 0 Å². The molecule has 0 aliphatic carbocycles. The van der Waals surface area contributed by atoms with Crippen LogP contribution in [0.3, 0.4) is 0 Å².